The molecule has 1 amide bonds. The number of carboxylic acid groups (broad SMARTS) is 1. The predicted octanol–water partition coefficient (Wildman–Crippen LogP) is 1.64. The number of piperazine rings is 1. The van der Waals surface area contributed by atoms with Crippen molar-refractivity contribution in [1.29, 1.82) is 0 Å². The standard InChI is InChI=1S/C19H19FN2O6S/c1-28-15-9-7-14(8-10-15)22-16(23)11-21(29(2,26)27)18(19(24)25)17(22)12-3-5-13(20)6-4-12/h3-10,17-18H,11H2,1-2H3,(H,24,25)/t17-,18+/m1/s1. The van der Waals surface area contributed by atoms with Gasteiger partial charge in [-0.15, -0.1) is 0 Å². The second kappa shape index (κ2) is 7.80. The van der Waals surface area contributed by atoms with Crippen molar-refractivity contribution in [3.05, 3.63) is 59.9 Å². The van der Waals surface area contributed by atoms with Crippen molar-refractivity contribution in [2.75, 3.05) is 24.8 Å². The maximum atomic E-state index is 13.4. The normalized spacial score (nSPS) is 20.5. The molecule has 154 valence electrons. The molecule has 29 heavy (non-hydrogen) atoms. The number of carbonyl (C=O) groups is 2. The first-order valence-electron chi connectivity index (χ1n) is 8.54. The first kappa shape index (κ1) is 20.7. The first-order valence-corrected chi connectivity index (χ1v) is 10.4. The Kier molecular flexibility index (Phi) is 5.58. The Labute approximate surface area is 167 Å². The molecule has 1 N–H and O–H groups in total. The summed E-state index contributed by atoms with van der Waals surface area (Å²) in [5, 5.41) is 9.85. The maximum absolute atomic E-state index is 13.4. The first-order chi connectivity index (χ1) is 13.6. The monoisotopic (exact) mass is 422 g/mol. The Hall–Kier alpha value is -2.98. The average Bonchev–Trinajstić information content (AvgIpc) is 2.67. The minimum atomic E-state index is -4.01. The number of sulfonamides is 1. The summed E-state index contributed by atoms with van der Waals surface area (Å²) in [6.45, 7) is -0.625. The lowest BCUT2D eigenvalue weighted by Crippen LogP contribution is -2.62. The zero-order valence-electron chi connectivity index (χ0n) is 15.6. The summed E-state index contributed by atoms with van der Waals surface area (Å²) in [6, 6.07) is 8.50. The third-order valence-corrected chi connectivity index (χ3v) is 5.90. The molecule has 1 aliphatic rings. The topological polar surface area (TPSA) is 104 Å². The van der Waals surface area contributed by atoms with Crippen LogP contribution >= 0.6 is 0 Å². The number of carbonyl (C=O) groups excluding carboxylic acids is 1. The predicted molar refractivity (Wildman–Crippen MR) is 103 cm³/mol. The highest BCUT2D eigenvalue weighted by atomic mass is 32.2. The molecule has 0 radical (unpaired) electrons. The van der Waals surface area contributed by atoms with Crippen molar-refractivity contribution < 1.29 is 32.2 Å². The van der Waals surface area contributed by atoms with Gasteiger partial charge in [-0.2, -0.15) is 4.31 Å². The number of rotatable bonds is 5. The number of aliphatic carboxylic acids is 1. The number of methoxy groups -OCH3 is 1. The molecule has 0 aromatic heterocycles. The van der Waals surface area contributed by atoms with Gasteiger partial charge in [-0.05, 0) is 42.0 Å². The zero-order valence-corrected chi connectivity index (χ0v) is 16.5. The minimum absolute atomic E-state index is 0.288. The van der Waals surface area contributed by atoms with E-state index in [2.05, 4.69) is 0 Å². The van der Waals surface area contributed by atoms with E-state index in [0.717, 1.165) is 18.4 Å². The van der Waals surface area contributed by atoms with E-state index in [0.29, 0.717) is 15.7 Å². The van der Waals surface area contributed by atoms with Crippen LogP contribution in [0.3, 0.4) is 0 Å². The van der Waals surface area contributed by atoms with Crippen LogP contribution in [0.1, 0.15) is 11.6 Å². The fourth-order valence-corrected chi connectivity index (χ4v) is 4.35. The minimum Gasteiger partial charge on any atom is -0.497 e. The van der Waals surface area contributed by atoms with Gasteiger partial charge in [0, 0.05) is 5.69 Å². The summed E-state index contributed by atoms with van der Waals surface area (Å²) >= 11 is 0. The van der Waals surface area contributed by atoms with E-state index in [9.17, 15) is 27.5 Å². The van der Waals surface area contributed by atoms with E-state index >= 15 is 0 Å². The van der Waals surface area contributed by atoms with Crippen molar-refractivity contribution in [2.45, 2.75) is 12.1 Å². The zero-order chi connectivity index (χ0) is 21.3. The van der Waals surface area contributed by atoms with Crippen LogP contribution < -0.4 is 9.64 Å². The molecule has 2 aromatic carbocycles. The molecule has 8 nitrogen and oxygen atoms in total. The lowest BCUT2D eigenvalue weighted by molar-refractivity contribution is -0.144. The van der Waals surface area contributed by atoms with Crippen LogP contribution in [-0.4, -0.2) is 55.7 Å². The third-order valence-electron chi connectivity index (χ3n) is 4.69. The molecule has 10 heteroatoms. The molecule has 0 unspecified atom stereocenters. The van der Waals surface area contributed by atoms with Gasteiger partial charge in [-0.1, -0.05) is 12.1 Å². The van der Waals surface area contributed by atoms with Gasteiger partial charge in [0.2, 0.25) is 15.9 Å². The summed E-state index contributed by atoms with van der Waals surface area (Å²) in [6.07, 6.45) is 0.848. The van der Waals surface area contributed by atoms with Crippen LogP contribution in [0.15, 0.2) is 48.5 Å². The van der Waals surface area contributed by atoms with Crippen molar-refractivity contribution in [2.24, 2.45) is 0 Å². The molecule has 3 rings (SSSR count). The van der Waals surface area contributed by atoms with E-state index < -0.39 is 46.3 Å². The highest BCUT2D eigenvalue weighted by molar-refractivity contribution is 7.88. The molecule has 1 saturated heterocycles. The number of halogens is 1. The summed E-state index contributed by atoms with van der Waals surface area (Å²) < 4.78 is 43.6. The van der Waals surface area contributed by atoms with Crippen LogP contribution in [0.25, 0.3) is 0 Å². The molecule has 1 fully saturated rings. The Morgan fingerprint density at radius 3 is 2.21 bits per heavy atom. The van der Waals surface area contributed by atoms with Crippen molar-refractivity contribution in [1.82, 2.24) is 4.31 Å². The fourth-order valence-electron chi connectivity index (χ4n) is 3.38. The molecular weight excluding hydrogens is 403 g/mol. The SMILES string of the molecule is COc1ccc(N2C(=O)CN(S(C)(=O)=O)[C@H](C(=O)O)[C@H]2c2ccc(F)cc2)cc1. The molecule has 0 bridgehead atoms. The van der Waals surface area contributed by atoms with Gasteiger partial charge in [0.15, 0.2) is 0 Å². The van der Waals surface area contributed by atoms with E-state index in [1.165, 1.54) is 24.1 Å². The molecule has 2 atom stereocenters. The maximum Gasteiger partial charge on any atom is 0.324 e. The number of hydrogen-bond donors (Lipinski definition) is 1. The number of hydrogen-bond acceptors (Lipinski definition) is 5. The van der Waals surface area contributed by atoms with Crippen LogP contribution in [-0.2, 0) is 19.6 Å². The van der Waals surface area contributed by atoms with E-state index in [-0.39, 0.29) is 5.56 Å². The van der Waals surface area contributed by atoms with E-state index in [1.54, 1.807) is 24.3 Å². The molecule has 0 aliphatic carbocycles. The van der Waals surface area contributed by atoms with Crippen LogP contribution in [0.4, 0.5) is 10.1 Å². The lowest BCUT2D eigenvalue weighted by atomic mass is 9.94. The second-order valence-electron chi connectivity index (χ2n) is 6.55. The van der Waals surface area contributed by atoms with Gasteiger partial charge in [0.25, 0.3) is 0 Å². The number of carboxylic acids is 1. The molecular formula is C19H19FN2O6S. The molecule has 1 heterocycles. The smallest absolute Gasteiger partial charge is 0.324 e. The van der Waals surface area contributed by atoms with Gasteiger partial charge >= 0.3 is 5.97 Å². The molecule has 2 aromatic rings. The number of nitrogens with zero attached hydrogens (tertiary/aromatic N) is 2. The Balaban J connectivity index is 2.20. The Morgan fingerprint density at radius 1 is 1.14 bits per heavy atom. The largest absolute Gasteiger partial charge is 0.497 e. The van der Waals surface area contributed by atoms with Gasteiger partial charge in [-0.25, -0.2) is 12.8 Å². The van der Waals surface area contributed by atoms with E-state index in [1.807, 2.05) is 0 Å². The summed E-state index contributed by atoms with van der Waals surface area (Å²) in [5.41, 5.74) is 0.654. The average molecular weight is 422 g/mol. The van der Waals surface area contributed by atoms with Crippen LogP contribution in [0.2, 0.25) is 0 Å². The summed E-state index contributed by atoms with van der Waals surface area (Å²) in [5.74, 6) is -2.04. The summed E-state index contributed by atoms with van der Waals surface area (Å²) in [7, 11) is -2.53. The van der Waals surface area contributed by atoms with Crippen molar-refractivity contribution >= 4 is 27.6 Å². The quantitative estimate of drug-likeness (QED) is 0.786. The number of amides is 1. The third kappa shape index (κ3) is 4.08. The highest BCUT2D eigenvalue weighted by Crippen LogP contribution is 2.37. The Morgan fingerprint density at radius 2 is 1.72 bits per heavy atom. The van der Waals surface area contributed by atoms with Gasteiger partial charge < -0.3 is 14.7 Å². The van der Waals surface area contributed by atoms with Crippen molar-refractivity contribution in [3.8, 4) is 5.75 Å². The molecule has 1 aliphatic heterocycles. The Bertz CT molecular complexity index is 1020. The number of anilines is 1. The molecule has 0 spiro atoms. The van der Waals surface area contributed by atoms with Gasteiger partial charge in [0.1, 0.15) is 17.6 Å². The number of ether oxygens (including phenoxy) is 1. The van der Waals surface area contributed by atoms with Crippen LogP contribution in [0.5, 0.6) is 5.75 Å². The lowest BCUT2D eigenvalue weighted by Gasteiger charge is -2.44. The van der Waals surface area contributed by atoms with Crippen LogP contribution in [0, 0.1) is 5.82 Å². The number of benzene rings is 2. The van der Waals surface area contributed by atoms with Gasteiger partial charge in [0.05, 0.1) is 26.0 Å². The summed E-state index contributed by atoms with van der Waals surface area (Å²) in [4.78, 5) is 26.3. The van der Waals surface area contributed by atoms with E-state index in [4.69, 9.17) is 4.74 Å². The fraction of sp³-hybridized carbons (Fsp3) is 0.263. The van der Waals surface area contributed by atoms with Crippen molar-refractivity contribution in [3.63, 3.8) is 0 Å². The van der Waals surface area contributed by atoms with Gasteiger partial charge in [-0.3, -0.25) is 9.59 Å². The molecule has 0 saturated carbocycles. The second-order valence-corrected chi connectivity index (χ2v) is 8.48. The highest BCUT2D eigenvalue weighted by Gasteiger charge is 2.49.